The van der Waals surface area contributed by atoms with E-state index in [9.17, 15) is 0 Å². The van der Waals surface area contributed by atoms with Crippen molar-refractivity contribution in [3.05, 3.63) is 12.4 Å². The Balaban J connectivity index is 2.39. The van der Waals surface area contributed by atoms with Crippen LogP contribution in [0.3, 0.4) is 0 Å². The lowest BCUT2D eigenvalue weighted by Gasteiger charge is -2.29. The number of hydrogen-bond acceptors (Lipinski definition) is 3. The molecule has 0 N–H and O–H groups in total. The fourth-order valence-electron chi connectivity index (χ4n) is 1.53. The topological polar surface area (TPSA) is 15.7 Å². The molecule has 0 aromatic carbocycles. The molecule has 3 heteroatoms. The van der Waals surface area contributed by atoms with Gasteiger partial charge in [-0.3, -0.25) is 0 Å². The minimum atomic E-state index is 0.495. The van der Waals surface area contributed by atoms with Gasteiger partial charge in [-0.2, -0.15) is 0 Å². The van der Waals surface area contributed by atoms with Gasteiger partial charge in [0.1, 0.15) is 6.17 Å². The highest BCUT2D eigenvalue weighted by Gasteiger charge is 2.21. The van der Waals surface area contributed by atoms with Crippen LogP contribution in [0.1, 0.15) is 13.3 Å². The van der Waals surface area contributed by atoms with Gasteiger partial charge in [-0.25, -0.2) is 0 Å². The summed E-state index contributed by atoms with van der Waals surface area (Å²) in [5.74, 6) is 0. The van der Waals surface area contributed by atoms with Gasteiger partial charge in [0.2, 0.25) is 0 Å². The molecule has 0 aliphatic carbocycles. The van der Waals surface area contributed by atoms with Gasteiger partial charge in [-0.1, -0.05) is 0 Å². The van der Waals surface area contributed by atoms with Crippen molar-refractivity contribution in [2.45, 2.75) is 19.5 Å². The molecule has 1 aliphatic rings. The van der Waals surface area contributed by atoms with Crippen molar-refractivity contribution in [1.29, 1.82) is 0 Å². The summed E-state index contributed by atoms with van der Waals surface area (Å²) >= 11 is 0. The maximum Gasteiger partial charge on any atom is 0.103 e. The van der Waals surface area contributed by atoms with Crippen LogP contribution in [0.25, 0.3) is 0 Å². The first-order chi connectivity index (χ1) is 5.79. The van der Waals surface area contributed by atoms with Crippen LogP contribution in [0.5, 0.6) is 0 Å². The Bertz CT molecular complexity index is 159. The van der Waals surface area contributed by atoms with Gasteiger partial charge in [0.25, 0.3) is 0 Å². The van der Waals surface area contributed by atoms with Crippen molar-refractivity contribution in [3.8, 4) is 0 Å². The first kappa shape index (κ1) is 9.39. The van der Waals surface area contributed by atoms with E-state index >= 15 is 0 Å². The molecule has 70 valence electrons. The van der Waals surface area contributed by atoms with Gasteiger partial charge in [-0.05, 0) is 6.92 Å². The van der Waals surface area contributed by atoms with Crippen molar-refractivity contribution in [2.75, 3.05) is 27.3 Å². The zero-order valence-corrected chi connectivity index (χ0v) is 8.16. The summed E-state index contributed by atoms with van der Waals surface area (Å²) in [5.41, 5.74) is 0. The van der Waals surface area contributed by atoms with E-state index in [4.69, 9.17) is 4.74 Å². The summed E-state index contributed by atoms with van der Waals surface area (Å²) in [6.07, 6.45) is 5.81. The molecule has 1 heterocycles. The second kappa shape index (κ2) is 4.36. The molecule has 1 aliphatic heterocycles. The van der Waals surface area contributed by atoms with E-state index in [1.807, 2.05) is 0 Å². The lowest BCUT2D eigenvalue weighted by molar-refractivity contribution is 0.114. The van der Waals surface area contributed by atoms with Crippen LogP contribution in [0.15, 0.2) is 12.4 Å². The highest BCUT2D eigenvalue weighted by molar-refractivity contribution is 4.94. The summed E-state index contributed by atoms with van der Waals surface area (Å²) in [5, 5.41) is 0. The fraction of sp³-hybridized carbons (Fsp3) is 0.778. The number of rotatable bonds is 4. The SMILES string of the molecule is CCN1C=CN(C)C1CCOC. The largest absolute Gasteiger partial charge is 0.385 e. The Kier molecular flexibility index (Phi) is 3.41. The quantitative estimate of drug-likeness (QED) is 0.628. The molecule has 1 atom stereocenters. The molecule has 3 nitrogen and oxygen atoms in total. The van der Waals surface area contributed by atoms with E-state index in [1.54, 1.807) is 7.11 Å². The minimum absolute atomic E-state index is 0.495. The van der Waals surface area contributed by atoms with E-state index in [0.29, 0.717) is 6.17 Å². The summed E-state index contributed by atoms with van der Waals surface area (Å²) < 4.78 is 5.06. The molecule has 1 rings (SSSR count). The highest BCUT2D eigenvalue weighted by Crippen LogP contribution is 2.15. The molecule has 12 heavy (non-hydrogen) atoms. The number of nitrogens with zero attached hydrogens (tertiary/aromatic N) is 2. The molecular weight excluding hydrogens is 152 g/mol. The van der Waals surface area contributed by atoms with Crippen molar-refractivity contribution in [1.82, 2.24) is 9.80 Å². The van der Waals surface area contributed by atoms with Gasteiger partial charge in [0.15, 0.2) is 0 Å². The van der Waals surface area contributed by atoms with Crippen LogP contribution < -0.4 is 0 Å². The summed E-state index contributed by atoms with van der Waals surface area (Å²) in [7, 11) is 3.85. The molecule has 0 fully saturated rings. The normalized spacial score (nSPS) is 22.4. The Morgan fingerprint density at radius 2 is 2.17 bits per heavy atom. The van der Waals surface area contributed by atoms with Crippen LogP contribution >= 0.6 is 0 Å². The van der Waals surface area contributed by atoms with Gasteiger partial charge in [0, 0.05) is 46.1 Å². The van der Waals surface area contributed by atoms with Crippen LogP contribution in [0.2, 0.25) is 0 Å². The molecule has 0 aromatic heterocycles. The predicted molar refractivity (Wildman–Crippen MR) is 49.6 cm³/mol. The lowest BCUT2D eigenvalue weighted by atomic mass is 10.3. The van der Waals surface area contributed by atoms with Crippen LogP contribution in [0.4, 0.5) is 0 Å². The summed E-state index contributed by atoms with van der Waals surface area (Å²) in [6.45, 7) is 4.06. The Morgan fingerprint density at radius 1 is 1.42 bits per heavy atom. The molecule has 0 bridgehead atoms. The number of hydrogen-bond donors (Lipinski definition) is 0. The van der Waals surface area contributed by atoms with Crippen LogP contribution in [-0.4, -0.2) is 43.3 Å². The van der Waals surface area contributed by atoms with E-state index in [2.05, 4.69) is 36.2 Å². The molecule has 1 unspecified atom stereocenters. The molecule has 0 radical (unpaired) electrons. The Labute approximate surface area is 74.6 Å². The Morgan fingerprint density at radius 3 is 2.75 bits per heavy atom. The molecular formula is C9H18N2O. The van der Waals surface area contributed by atoms with Crippen molar-refractivity contribution < 1.29 is 4.74 Å². The second-order valence-electron chi connectivity index (χ2n) is 3.06. The average Bonchev–Trinajstić information content (AvgIpc) is 2.43. The second-order valence-corrected chi connectivity index (χ2v) is 3.06. The van der Waals surface area contributed by atoms with Gasteiger partial charge >= 0.3 is 0 Å². The van der Waals surface area contributed by atoms with Crippen molar-refractivity contribution >= 4 is 0 Å². The lowest BCUT2D eigenvalue weighted by Crippen LogP contribution is -2.37. The first-order valence-electron chi connectivity index (χ1n) is 4.44. The molecule has 0 spiro atoms. The van der Waals surface area contributed by atoms with Crippen molar-refractivity contribution in [3.63, 3.8) is 0 Å². The van der Waals surface area contributed by atoms with Gasteiger partial charge in [-0.15, -0.1) is 0 Å². The molecule has 0 saturated carbocycles. The number of methoxy groups -OCH3 is 1. The third-order valence-electron chi connectivity index (χ3n) is 2.29. The standard InChI is InChI=1S/C9H18N2O/c1-4-11-7-6-10(2)9(11)5-8-12-3/h6-7,9H,4-5,8H2,1-3H3. The first-order valence-corrected chi connectivity index (χ1v) is 4.44. The van der Waals surface area contributed by atoms with Gasteiger partial charge in [0.05, 0.1) is 0 Å². The third kappa shape index (κ3) is 1.91. The molecule has 0 aromatic rings. The zero-order chi connectivity index (χ0) is 8.97. The third-order valence-corrected chi connectivity index (χ3v) is 2.29. The van der Waals surface area contributed by atoms with Crippen molar-refractivity contribution in [2.24, 2.45) is 0 Å². The van der Waals surface area contributed by atoms with E-state index in [0.717, 1.165) is 19.6 Å². The highest BCUT2D eigenvalue weighted by atomic mass is 16.5. The van der Waals surface area contributed by atoms with Crippen LogP contribution in [-0.2, 0) is 4.74 Å². The average molecular weight is 170 g/mol. The predicted octanol–water partition coefficient (Wildman–Crippen LogP) is 1.09. The summed E-state index contributed by atoms with van der Waals surface area (Å²) in [6, 6.07) is 0. The minimum Gasteiger partial charge on any atom is -0.385 e. The number of ether oxygens (including phenoxy) is 1. The van der Waals surface area contributed by atoms with E-state index in [-0.39, 0.29) is 0 Å². The maximum absolute atomic E-state index is 5.06. The molecule has 0 amide bonds. The zero-order valence-electron chi connectivity index (χ0n) is 8.16. The van der Waals surface area contributed by atoms with Crippen LogP contribution in [0, 0.1) is 0 Å². The van der Waals surface area contributed by atoms with Gasteiger partial charge < -0.3 is 14.5 Å². The van der Waals surface area contributed by atoms with E-state index in [1.165, 1.54) is 0 Å². The maximum atomic E-state index is 5.06. The smallest absolute Gasteiger partial charge is 0.103 e. The monoisotopic (exact) mass is 170 g/mol. The summed E-state index contributed by atoms with van der Waals surface area (Å²) in [4.78, 5) is 4.54. The molecule has 0 saturated heterocycles. The Hall–Kier alpha value is -0.700. The van der Waals surface area contributed by atoms with E-state index < -0.39 is 0 Å². The fourth-order valence-corrected chi connectivity index (χ4v) is 1.53.